The molecule has 3 heterocycles. The highest BCUT2D eigenvalue weighted by molar-refractivity contribution is 6.14. The van der Waals surface area contributed by atoms with Gasteiger partial charge in [-0.1, -0.05) is 201 Å². The molecule has 7 heteroatoms. The molecule has 0 unspecified atom stereocenters. The molecule has 3 aromatic heterocycles. The smallest absolute Gasteiger partial charge is 0.159 e. The number of fused-ring (bicyclic) bond motifs is 9. The lowest BCUT2D eigenvalue weighted by atomic mass is 9.71. The summed E-state index contributed by atoms with van der Waals surface area (Å²) in [7, 11) is 6.05. The minimum absolute atomic E-state index is 0.258. The Balaban J connectivity index is 0.000000133. The van der Waals surface area contributed by atoms with Crippen LogP contribution in [0.5, 0.6) is 0 Å². The maximum Gasteiger partial charge on any atom is 0.159 e. The molecule has 440 valence electrons. The van der Waals surface area contributed by atoms with Crippen LogP contribution in [0.25, 0.3) is 76.9 Å². The Morgan fingerprint density at radius 2 is 0.793 bits per heavy atom. The first-order valence-corrected chi connectivity index (χ1v) is 30.4. The normalized spacial score (nSPS) is 14.9. The maximum atomic E-state index is 13.2. The summed E-state index contributed by atoms with van der Waals surface area (Å²) in [6, 6.07) is 70.4. The van der Waals surface area contributed by atoms with E-state index in [0.717, 1.165) is 159 Å². The third-order valence-electron chi connectivity index (χ3n) is 17.7. The van der Waals surface area contributed by atoms with Crippen molar-refractivity contribution in [3.63, 3.8) is 0 Å². The minimum atomic E-state index is -0.754. The first-order chi connectivity index (χ1) is 43.3. The molecule has 87 heavy (non-hydrogen) atoms. The van der Waals surface area contributed by atoms with Gasteiger partial charge < -0.3 is 28.0 Å². The summed E-state index contributed by atoms with van der Waals surface area (Å²) < 4.78 is 66.9. The van der Waals surface area contributed by atoms with Gasteiger partial charge in [0, 0.05) is 81.6 Å². The minimum Gasteiger partial charge on any atom is -0.454 e. The van der Waals surface area contributed by atoms with Crippen molar-refractivity contribution in [3.05, 3.63) is 240 Å². The molecule has 0 N–H and O–H groups in total. The van der Waals surface area contributed by atoms with E-state index in [0.29, 0.717) is 5.41 Å². The Labute approximate surface area is 518 Å². The van der Waals surface area contributed by atoms with E-state index in [1.54, 1.807) is 12.1 Å². The molecule has 0 saturated heterocycles. The molecule has 13 aromatic rings. The lowest BCUT2D eigenvalue weighted by Crippen LogP contribution is -2.20. The molecule has 1 aliphatic rings. The van der Waals surface area contributed by atoms with E-state index < -0.39 is 23.6 Å². The standard InChI is InChI=1S/C30H35NO.C28H25NO.C22H20FNO/c1-20(2)21-12-14-23(15-13-21)31(5)27-11-7-10-26-25-9-6-8-24(28(25)32-29(26)27)22-16-18-30(3,4)19-17-22;1-19(2)20-15-17-22(18-16-20)29(3)26-14-8-13-25-24-12-7-11-23(27(24)30-28(25)26)21-9-5-4-6-10-21;1-14(2)17-6-4-7-18-19-8-5-9-20(22(19)25-21(17)18)24(3)16-12-10-15(23)11-13-16/h6-15,20,22H,16-19H2,1-5H3;4-19H,1-3H3;4-14H,1-3H3/i20D,22D;19D;14D. The van der Waals surface area contributed by atoms with Crippen molar-refractivity contribution in [3.8, 4) is 11.1 Å². The molecule has 6 nitrogen and oxygen atoms in total. The third-order valence-corrected chi connectivity index (χ3v) is 17.7. The number of hydrogen-bond donors (Lipinski definition) is 0. The second-order valence-electron chi connectivity index (χ2n) is 24.7. The van der Waals surface area contributed by atoms with Gasteiger partial charge >= 0.3 is 0 Å². The number of halogens is 1. The van der Waals surface area contributed by atoms with Gasteiger partial charge in [0.05, 0.1) is 17.1 Å². The van der Waals surface area contributed by atoms with Gasteiger partial charge in [-0.05, 0) is 149 Å². The summed E-state index contributed by atoms with van der Waals surface area (Å²) in [5.74, 6) is -2.84. The van der Waals surface area contributed by atoms with Crippen LogP contribution in [0.4, 0.5) is 38.5 Å². The van der Waals surface area contributed by atoms with E-state index in [4.69, 9.17) is 17.4 Å². The molecule has 0 spiro atoms. The summed E-state index contributed by atoms with van der Waals surface area (Å²) >= 11 is 0. The molecule has 0 radical (unpaired) electrons. The Morgan fingerprint density at radius 1 is 0.414 bits per heavy atom. The van der Waals surface area contributed by atoms with E-state index >= 15 is 0 Å². The number of rotatable bonds is 11. The predicted octanol–water partition coefficient (Wildman–Crippen LogP) is 23.9. The van der Waals surface area contributed by atoms with Crippen molar-refractivity contribution in [2.45, 2.75) is 105 Å². The van der Waals surface area contributed by atoms with Crippen molar-refractivity contribution < 1.29 is 23.1 Å². The highest BCUT2D eigenvalue weighted by Gasteiger charge is 2.30. The second kappa shape index (κ2) is 24.4. The van der Waals surface area contributed by atoms with Gasteiger partial charge in [0.1, 0.15) is 22.6 Å². The predicted molar refractivity (Wildman–Crippen MR) is 367 cm³/mol. The zero-order valence-electron chi connectivity index (χ0n) is 56.0. The molecule has 0 aliphatic heterocycles. The Hall–Kier alpha value is -9.07. The van der Waals surface area contributed by atoms with Gasteiger partial charge in [0.15, 0.2) is 16.7 Å². The number of nitrogens with zero attached hydrogens (tertiary/aromatic N) is 3. The number of benzene rings is 10. The second-order valence-corrected chi connectivity index (χ2v) is 24.7. The summed E-state index contributed by atoms with van der Waals surface area (Å²) in [4.78, 5) is 6.27. The number of anilines is 6. The van der Waals surface area contributed by atoms with Gasteiger partial charge in [-0.25, -0.2) is 4.39 Å². The summed E-state index contributed by atoms with van der Waals surface area (Å²) in [6.07, 6.45) is 3.85. The van der Waals surface area contributed by atoms with Crippen LogP contribution in [0.3, 0.4) is 0 Å². The maximum absolute atomic E-state index is 13.2. The molecular formula is C80H80FN3O3. The van der Waals surface area contributed by atoms with Crippen molar-refractivity contribution in [1.29, 1.82) is 0 Å². The average Bonchev–Trinajstić information content (AvgIpc) is 1.63. The van der Waals surface area contributed by atoms with Crippen LogP contribution in [0, 0.1) is 11.2 Å². The van der Waals surface area contributed by atoms with Crippen molar-refractivity contribution in [1.82, 2.24) is 0 Å². The van der Waals surface area contributed by atoms with Gasteiger partial charge in [0.2, 0.25) is 0 Å². The third kappa shape index (κ3) is 11.6. The van der Waals surface area contributed by atoms with Crippen molar-refractivity contribution >= 4 is 99.9 Å². The van der Waals surface area contributed by atoms with Crippen molar-refractivity contribution in [2.75, 3.05) is 35.8 Å². The highest BCUT2D eigenvalue weighted by atomic mass is 19.1. The number of hydrogen-bond acceptors (Lipinski definition) is 6. The first-order valence-electron chi connectivity index (χ1n) is 32.4. The van der Waals surface area contributed by atoms with E-state index in [1.807, 2.05) is 120 Å². The monoisotopic (exact) mass is 1150 g/mol. The van der Waals surface area contributed by atoms with Crippen LogP contribution in [0.2, 0.25) is 0 Å². The van der Waals surface area contributed by atoms with Crippen LogP contribution in [0.15, 0.2) is 226 Å². The van der Waals surface area contributed by atoms with Crippen LogP contribution < -0.4 is 14.7 Å². The molecule has 0 bridgehead atoms. The SMILES string of the molecule is [2H]C(C)(C)c1ccc(N(C)c2cccc3c2oc2c(-c4ccccc4)cccc23)cc1.[2H]C(C)(C)c1ccc(N(C)c2cccc3c2oc2c(C4([2H])CCC(C)(C)CC4)cccc23)cc1.[2H]C(C)(C)c1cccc2c1oc1c(N(C)c3ccc(F)cc3)cccc12. The Morgan fingerprint density at radius 3 is 1.25 bits per heavy atom. The summed E-state index contributed by atoms with van der Waals surface area (Å²) in [5, 5.41) is 6.43. The van der Waals surface area contributed by atoms with E-state index in [9.17, 15) is 5.76 Å². The van der Waals surface area contributed by atoms with Gasteiger partial charge in [-0.15, -0.1) is 0 Å². The highest BCUT2D eigenvalue weighted by Crippen LogP contribution is 2.47. The van der Waals surface area contributed by atoms with E-state index in [1.165, 1.54) is 12.1 Å². The van der Waals surface area contributed by atoms with Crippen LogP contribution in [-0.4, -0.2) is 21.1 Å². The lowest BCUT2D eigenvalue weighted by molar-refractivity contribution is 0.224. The molecule has 10 aromatic carbocycles. The van der Waals surface area contributed by atoms with Crippen LogP contribution >= 0.6 is 0 Å². The van der Waals surface area contributed by atoms with Crippen LogP contribution in [-0.2, 0) is 0 Å². The molecule has 14 rings (SSSR count). The zero-order valence-corrected chi connectivity index (χ0v) is 52.0. The van der Waals surface area contributed by atoms with Gasteiger partial charge in [-0.2, -0.15) is 0 Å². The topological polar surface area (TPSA) is 49.1 Å². The molecule has 1 aliphatic carbocycles. The molecule has 0 amide bonds. The average molecular weight is 1150 g/mol. The molecular weight excluding hydrogens is 1070 g/mol. The fourth-order valence-corrected chi connectivity index (χ4v) is 12.3. The van der Waals surface area contributed by atoms with E-state index in [-0.39, 0.29) is 5.82 Å². The zero-order chi connectivity index (χ0) is 64.4. The molecule has 1 saturated carbocycles. The number of para-hydroxylation sites is 6. The van der Waals surface area contributed by atoms with Gasteiger partial charge in [-0.3, -0.25) is 0 Å². The fraction of sp³-hybridized carbons (Fsp3) is 0.250. The number of furan rings is 3. The Bertz CT molecular complexity index is 4750. The van der Waals surface area contributed by atoms with Gasteiger partial charge in [0.25, 0.3) is 0 Å². The Kier molecular flexibility index (Phi) is 15.0. The largest absolute Gasteiger partial charge is 0.454 e. The lowest BCUT2D eigenvalue weighted by Gasteiger charge is -2.34. The summed E-state index contributed by atoms with van der Waals surface area (Å²) in [5.41, 5.74) is 17.4. The first kappa shape index (κ1) is 53.4. The fourth-order valence-electron chi connectivity index (χ4n) is 12.3. The molecule has 0 atom stereocenters. The van der Waals surface area contributed by atoms with E-state index in [2.05, 4.69) is 159 Å². The van der Waals surface area contributed by atoms with Crippen LogP contribution in [0.1, 0.15) is 132 Å². The summed E-state index contributed by atoms with van der Waals surface area (Å²) in [6.45, 7) is 16.0. The van der Waals surface area contributed by atoms with Crippen molar-refractivity contribution in [2.24, 2.45) is 5.41 Å². The molecule has 1 fully saturated rings. The quantitative estimate of drug-likeness (QED) is 0.129.